The minimum Gasteiger partial charge on any atom is -0.466 e. The Morgan fingerprint density at radius 3 is 2.72 bits per heavy atom. The van der Waals surface area contributed by atoms with Gasteiger partial charge in [-0.3, -0.25) is 4.90 Å². The first-order valence-corrected chi connectivity index (χ1v) is 8.54. The summed E-state index contributed by atoms with van der Waals surface area (Å²) in [4.78, 5) is 27.4. The fourth-order valence-electron chi connectivity index (χ4n) is 2.85. The van der Waals surface area contributed by atoms with Gasteiger partial charge in [-0.2, -0.15) is 0 Å². The van der Waals surface area contributed by atoms with Gasteiger partial charge in [-0.25, -0.2) is 14.0 Å². The SMILES string of the molecule is COC(=O)C1=C(C)N(Cc2cccs2)C(=O)NC1c1ccccc1F. The lowest BCUT2D eigenvalue weighted by Gasteiger charge is -2.35. The van der Waals surface area contributed by atoms with Gasteiger partial charge >= 0.3 is 12.0 Å². The Labute approximate surface area is 148 Å². The first-order chi connectivity index (χ1) is 12.0. The first-order valence-electron chi connectivity index (χ1n) is 7.67. The fourth-order valence-corrected chi connectivity index (χ4v) is 3.54. The van der Waals surface area contributed by atoms with Gasteiger partial charge in [0.15, 0.2) is 0 Å². The zero-order valence-electron chi connectivity index (χ0n) is 13.8. The summed E-state index contributed by atoms with van der Waals surface area (Å²) >= 11 is 1.52. The number of urea groups is 1. The Balaban J connectivity index is 2.06. The van der Waals surface area contributed by atoms with Crippen LogP contribution in [0.15, 0.2) is 53.0 Å². The van der Waals surface area contributed by atoms with Gasteiger partial charge in [-0.05, 0) is 24.4 Å². The van der Waals surface area contributed by atoms with Gasteiger partial charge in [-0.1, -0.05) is 24.3 Å². The monoisotopic (exact) mass is 360 g/mol. The maximum atomic E-state index is 14.2. The summed E-state index contributed by atoms with van der Waals surface area (Å²) in [6, 6.07) is 8.59. The molecule has 3 rings (SSSR count). The van der Waals surface area contributed by atoms with E-state index in [2.05, 4.69) is 5.32 Å². The molecule has 0 saturated heterocycles. The van der Waals surface area contributed by atoms with Crippen molar-refractivity contribution in [3.63, 3.8) is 0 Å². The number of thiophene rings is 1. The van der Waals surface area contributed by atoms with Crippen LogP contribution in [0.25, 0.3) is 0 Å². The molecule has 1 aromatic heterocycles. The van der Waals surface area contributed by atoms with E-state index in [1.54, 1.807) is 25.1 Å². The van der Waals surface area contributed by atoms with Crippen LogP contribution in [0.2, 0.25) is 0 Å². The lowest BCUT2D eigenvalue weighted by atomic mass is 9.94. The molecule has 1 atom stereocenters. The summed E-state index contributed by atoms with van der Waals surface area (Å²) in [7, 11) is 1.26. The van der Waals surface area contributed by atoms with Gasteiger partial charge < -0.3 is 10.1 Å². The lowest BCUT2D eigenvalue weighted by molar-refractivity contribution is -0.136. The number of carbonyl (C=O) groups is 2. The molecule has 1 aliphatic rings. The second kappa shape index (κ2) is 7.06. The van der Waals surface area contributed by atoms with E-state index in [1.165, 1.54) is 29.4 Å². The van der Waals surface area contributed by atoms with Gasteiger partial charge in [-0.15, -0.1) is 11.3 Å². The maximum absolute atomic E-state index is 14.2. The average molecular weight is 360 g/mol. The van der Waals surface area contributed by atoms with Gasteiger partial charge in [0.2, 0.25) is 0 Å². The quantitative estimate of drug-likeness (QED) is 0.848. The molecule has 2 heterocycles. The lowest BCUT2D eigenvalue weighted by Crippen LogP contribution is -2.47. The highest BCUT2D eigenvalue weighted by Crippen LogP contribution is 2.33. The minimum absolute atomic E-state index is 0.226. The predicted molar refractivity (Wildman–Crippen MR) is 92.3 cm³/mol. The molecule has 25 heavy (non-hydrogen) atoms. The van der Waals surface area contributed by atoms with Crippen molar-refractivity contribution in [3.8, 4) is 0 Å². The number of rotatable bonds is 4. The van der Waals surface area contributed by atoms with Crippen molar-refractivity contribution in [3.05, 3.63) is 69.3 Å². The molecular weight excluding hydrogens is 343 g/mol. The van der Waals surface area contributed by atoms with Crippen molar-refractivity contribution in [2.75, 3.05) is 7.11 Å². The second-order valence-corrected chi connectivity index (χ2v) is 6.59. The van der Waals surface area contributed by atoms with Crippen LogP contribution in [0.1, 0.15) is 23.4 Å². The van der Waals surface area contributed by atoms with Crippen molar-refractivity contribution >= 4 is 23.3 Å². The molecule has 0 aliphatic carbocycles. The molecule has 7 heteroatoms. The molecule has 0 bridgehead atoms. The van der Waals surface area contributed by atoms with Crippen molar-refractivity contribution in [2.24, 2.45) is 0 Å². The molecule has 0 saturated carbocycles. The Morgan fingerprint density at radius 1 is 1.32 bits per heavy atom. The van der Waals surface area contributed by atoms with Gasteiger partial charge in [0.25, 0.3) is 0 Å². The second-order valence-electron chi connectivity index (χ2n) is 5.56. The van der Waals surface area contributed by atoms with Crippen molar-refractivity contribution < 1.29 is 18.7 Å². The maximum Gasteiger partial charge on any atom is 0.337 e. The predicted octanol–water partition coefficient (Wildman–Crippen LogP) is 3.60. The summed E-state index contributed by atoms with van der Waals surface area (Å²) in [5.74, 6) is -1.09. The number of halogens is 1. The number of carbonyl (C=O) groups excluding carboxylic acids is 2. The fraction of sp³-hybridized carbons (Fsp3) is 0.222. The Kier molecular flexibility index (Phi) is 4.85. The van der Waals surface area contributed by atoms with Gasteiger partial charge in [0.1, 0.15) is 5.82 Å². The third kappa shape index (κ3) is 3.28. The van der Waals surface area contributed by atoms with E-state index >= 15 is 0 Å². The smallest absolute Gasteiger partial charge is 0.337 e. The van der Waals surface area contributed by atoms with Crippen LogP contribution in [-0.4, -0.2) is 24.0 Å². The number of amides is 2. The van der Waals surface area contributed by atoms with E-state index in [9.17, 15) is 14.0 Å². The number of hydrogen-bond donors (Lipinski definition) is 1. The highest BCUT2D eigenvalue weighted by molar-refractivity contribution is 7.09. The number of nitrogens with one attached hydrogen (secondary N) is 1. The average Bonchev–Trinajstić information content (AvgIpc) is 3.11. The summed E-state index contributed by atoms with van der Waals surface area (Å²) < 4.78 is 19.1. The minimum atomic E-state index is -0.888. The molecule has 1 unspecified atom stereocenters. The van der Waals surface area contributed by atoms with Crippen LogP contribution in [0, 0.1) is 5.82 Å². The van der Waals surface area contributed by atoms with Crippen LogP contribution in [0.5, 0.6) is 0 Å². The third-order valence-corrected chi connectivity index (χ3v) is 4.97. The molecule has 0 radical (unpaired) electrons. The van der Waals surface area contributed by atoms with Crippen LogP contribution < -0.4 is 5.32 Å². The zero-order valence-corrected chi connectivity index (χ0v) is 14.6. The van der Waals surface area contributed by atoms with Crippen LogP contribution in [0.4, 0.5) is 9.18 Å². The molecule has 5 nitrogen and oxygen atoms in total. The summed E-state index contributed by atoms with van der Waals surface area (Å²) in [5.41, 5.74) is 0.910. The Hall–Kier alpha value is -2.67. The molecule has 1 aromatic carbocycles. The van der Waals surface area contributed by atoms with E-state index in [-0.39, 0.29) is 17.2 Å². The molecule has 1 N–H and O–H groups in total. The van der Waals surface area contributed by atoms with Crippen LogP contribution in [0.3, 0.4) is 0 Å². The molecule has 130 valence electrons. The largest absolute Gasteiger partial charge is 0.466 e. The number of methoxy groups -OCH3 is 1. The van der Waals surface area contributed by atoms with Crippen LogP contribution >= 0.6 is 11.3 Å². The summed E-state index contributed by atoms with van der Waals surface area (Å²) in [6.45, 7) is 2.01. The van der Waals surface area contributed by atoms with Crippen molar-refractivity contribution in [2.45, 2.75) is 19.5 Å². The number of esters is 1. The number of benzene rings is 1. The Morgan fingerprint density at radius 2 is 2.08 bits per heavy atom. The number of allylic oxidation sites excluding steroid dienone is 1. The highest BCUT2D eigenvalue weighted by atomic mass is 32.1. The van der Waals surface area contributed by atoms with Crippen molar-refractivity contribution in [1.29, 1.82) is 0 Å². The van der Waals surface area contributed by atoms with E-state index < -0.39 is 17.8 Å². The van der Waals surface area contributed by atoms with Crippen molar-refractivity contribution in [1.82, 2.24) is 10.2 Å². The van der Waals surface area contributed by atoms with E-state index in [0.29, 0.717) is 12.2 Å². The number of ether oxygens (including phenoxy) is 1. The molecule has 1 aliphatic heterocycles. The van der Waals surface area contributed by atoms with E-state index in [4.69, 9.17) is 4.74 Å². The summed E-state index contributed by atoms with van der Waals surface area (Å²) in [5, 5.41) is 4.64. The zero-order chi connectivity index (χ0) is 18.0. The molecule has 0 spiro atoms. The molecule has 2 amide bonds. The number of hydrogen-bond acceptors (Lipinski definition) is 4. The standard InChI is InChI=1S/C18H17FN2O3S/c1-11-15(17(22)24-2)16(13-7-3-4-8-14(13)19)20-18(23)21(11)10-12-6-5-9-25-12/h3-9,16H,10H2,1-2H3,(H,20,23). The third-order valence-electron chi connectivity index (χ3n) is 4.11. The van der Waals surface area contributed by atoms with Crippen LogP contribution in [-0.2, 0) is 16.1 Å². The molecule has 2 aromatic rings. The Bertz CT molecular complexity index is 833. The van der Waals surface area contributed by atoms with E-state index in [1.807, 2.05) is 17.5 Å². The van der Waals surface area contributed by atoms with Gasteiger partial charge in [0.05, 0.1) is 25.3 Å². The van der Waals surface area contributed by atoms with Gasteiger partial charge in [0, 0.05) is 16.1 Å². The molecule has 0 fully saturated rings. The number of nitrogens with zero attached hydrogens (tertiary/aromatic N) is 1. The van der Waals surface area contributed by atoms with E-state index in [0.717, 1.165) is 4.88 Å². The normalized spacial score (nSPS) is 17.5. The first kappa shape index (κ1) is 17.2. The topological polar surface area (TPSA) is 58.6 Å². The summed E-state index contributed by atoms with van der Waals surface area (Å²) in [6.07, 6.45) is 0. The molecular formula is C18H17FN2O3S. The highest BCUT2D eigenvalue weighted by Gasteiger charge is 2.37.